The van der Waals surface area contributed by atoms with Crippen molar-refractivity contribution in [3.8, 4) is 6.07 Å². The summed E-state index contributed by atoms with van der Waals surface area (Å²) in [6.45, 7) is 3.01. The van der Waals surface area contributed by atoms with Crippen LogP contribution in [0.5, 0.6) is 0 Å². The Kier molecular flexibility index (Phi) is 4.08. The van der Waals surface area contributed by atoms with Gasteiger partial charge in [0.05, 0.1) is 18.0 Å². The first-order valence-corrected chi connectivity index (χ1v) is 6.49. The number of nitriles is 1. The molecule has 1 aromatic carbocycles. The van der Waals surface area contributed by atoms with Crippen molar-refractivity contribution in [3.05, 3.63) is 33.9 Å². The summed E-state index contributed by atoms with van der Waals surface area (Å²) in [7, 11) is 1.35. The van der Waals surface area contributed by atoms with E-state index < -0.39 is 4.92 Å². The molecule has 1 aliphatic heterocycles. The Bertz CT molecular complexity index is 623. The van der Waals surface area contributed by atoms with Gasteiger partial charge in [-0.1, -0.05) is 6.92 Å². The number of carbonyl (C=O) groups is 1. The Labute approximate surface area is 121 Å². The van der Waals surface area contributed by atoms with E-state index in [4.69, 9.17) is 10.00 Å². The van der Waals surface area contributed by atoms with E-state index >= 15 is 0 Å². The molecule has 2 unspecified atom stereocenters. The molecular weight excluding hydrogens is 274 g/mol. The minimum atomic E-state index is -0.570. The minimum absolute atomic E-state index is 0.0283. The molecule has 0 radical (unpaired) electrons. The van der Waals surface area contributed by atoms with Crippen LogP contribution in [-0.4, -0.2) is 31.1 Å². The van der Waals surface area contributed by atoms with Gasteiger partial charge in [-0.3, -0.25) is 14.9 Å². The van der Waals surface area contributed by atoms with Gasteiger partial charge in [0.25, 0.3) is 5.69 Å². The second-order valence-corrected chi connectivity index (χ2v) is 5.08. The third kappa shape index (κ3) is 2.79. The highest BCUT2D eigenvalue weighted by Crippen LogP contribution is 2.32. The highest BCUT2D eigenvalue weighted by atomic mass is 16.6. The zero-order valence-corrected chi connectivity index (χ0v) is 11.8. The smallest absolute Gasteiger partial charge is 0.310 e. The number of ether oxygens (including phenoxy) is 1. The van der Waals surface area contributed by atoms with Crippen LogP contribution in [0.1, 0.15) is 12.5 Å². The molecule has 0 bridgehead atoms. The quantitative estimate of drug-likeness (QED) is 0.477. The van der Waals surface area contributed by atoms with Crippen molar-refractivity contribution in [2.75, 3.05) is 25.1 Å². The van der Waals surface area contributed by atoms with Crippen molar-refractivity contribution >= 4 is 17.3 Å². The van der Waals surface area contributed by atoms with Crippen LogP contribution in [0.3, 0.4) is 0 Å². The molecule has 7 nitrogen and oxygen atoms in total. The summed E-state index contributed by atoms with van der Waals surface area (Å²) in [5.74, 6) is -0.412. The second kappa shape index (κ2) is 5.79. The van der Waals surface area contributed by atoms with E-state index in [1.54, 1.807) is 12.1 Å². The lowest BCUT2D eigenvalue weighted by molar-refractivity contribution is -0.385. The van der Waals surface area contributed by atoms with Gasteiger partial charge in [-0.25, -0.2) is 0 Å². The van der Waals surface area contributed by atoms with Crippen LogP contribution in [0, 0.1) is 33.3 Å². The number of nitro benzene ring substituents is 1. The van der Waals surface area contributed by atoms with E-state index in [0.717, 1.165) is 0 Å². The molecule has 0 aliphatic carbocycles. The number of carbonyl (C=O) groups excluding carboxylic acids is 1. The standard InChI is InChI=1S/C14H15N3O4/c1-9-7-16(8-12(9)14(18)21-2)11-4-3-10(6-15)13(5-11)17(19)20/h3-5,9,12H,7-8H2,1-2H3. The van der Waals surface area contributed by atoms with Crippen LogP contribution < -0.4 is 4.90 Å². The lowest BCUT2D eigenvalue weighted by Crippen LogP contribution is -2.24. The van der Waals surface area contributed by atoms with Crippen molar-refractivity contribution in [1.82, 2.24) is 0 Å². The Morgan fingerprint density at radius 1 is 1.52 bits per heavy atom. The normalized spacial score (nSPS) is 20.9. The first-order chi connectivity index (χ1) is 9.97. The molecule has 1 aliphatic rings. The van der Waals surface area contributed by atoms with Crippen molar-refractivity contribution in [1.29, 1.82) is 5.26 Å². The lowest BCUT2D eigenvalue weighted by Gasteiger charge is -2.18. The number of benzene rings is 1. The third-order valence-corrected chi connectivity index (χ3v) is 3.78. The Hall–Kier alpha value is -2.62. The van der Waals surface area contributed by atoms with Crippen molar-refractivity contribution < 1.29 is 14.5 Å². The molecule has 1 aromatic rings. The zero-order chi connectivity index (χ0) is 15.6. The maximum Gasteiger partial charge on any atom is 0.310 e. The molecule has 1 fully saturated rings. The van der Waals surface area contributed by atoms with Crippen LogP contribution in [0.4, 0.5) is 11.4 Å². The van der Waals surface area contributed by atoms with Crippen molar-refractivity contribution in [3.63, 3.8) is 0 Å². The summed E-state index contributed by atoms with van der Waals surface area (Å²) in [6, 6.07) is 6.28. The van der Waals surface area contributed by atoms with E-state index in [-0.39, 0.29) is 29.1 Å². The van der Waals surface area contributed by atoms with Crippen LogP contribution in [0.25, 0.3) is 0 Å². The molecule has 0 N–H and O–H groups in total. The van der Waals surface area contributed by atoms with Gasteiger partial charge in [0.1, 0.15) is 11.6 Å². The van der Waals surface area contributed by atoms with Gasteiger partial charge in [0.15, 0.2) is 0 Å². The SMILES string of the molecule is COC(=O)C1CN(c2ccc(C#N)c([N+](=O)[O-])c2)CC1C. The number of hydrogen-bond acceptors (Lipinski definition) is 6. The summed E-state index contributed by atoms with van der Waals surface area (Å²) in [4.78, 5) is 24.0. The predicted molar refractivity (Wildman–Crippen MR) is 74.7 cm³/mol. The third-order valence-electron chi connectivity index (χ3n) is 3.78. The van der Waals surface area contributed by atoms with Crippen LogP contribution in [0.15, 0.2) is 18.2 Å². The van der Waals surface area contributed by atoms with E-state index in [1.807, 2.05) is 11.8 Å². The number of nitrogens with zero attached hydrogens (tertiary/aromatic N) is 3. The van der Waals surface area contributed by atoms with Crippen LogP contribution in [-0.2, 0) is 9.53 Å². The summed E-state index contributed by atoms with van der Waals surface area (Å²) in [5, 5.41) is 19.9. The highest BCUT2D eigenvalue weighted by Gasteiger charge is 2.36. The van der Waals surface area contributed by atoms with Crippen LogP contribution in [0.2, 0.25) is 0 Å². The fourth-order valence-electron chi connectivity index (χ4n) is 2.60. The van der Waals surface area contributed by atoms with E-state index in [9.17, 15) is 14.9 Å². The van der Waals surface area contributed by atoms with Crippen molar-refractivity contribution in [2.24, 2.45) is 11.8 Å². The van der Waals surface area contributed by atoms with Gasteiger partial charge < -0.3 is 9.64 Å². The fourth-order valence-corrected chi connectivity index (χ4v) is 2.60. The molecule has 0 spiro atoms. The summed E-state index contributed by atoms with van der Waals surface area (Å²) >= 11 is 0. The lowest BCUT2D eigenvalue weighted by atomic mass is 9.99. The average Bonchev–Trinajstić information content (AvgIpc) is 2.87. The number of nitro groups is 1. The average molecular weight is 289 g/mol. The zero-order valence-electron chi connectivity index (χ0n) is 11.8. The number of methoxy groups -OCH3 is 1. The number of esters is 1. The largest absolute Gasteiger partial charge is 0.469 e. The van der Waals surface area contributed by atoms with E-state index in [2.05, 4.69) is 0 Å². The van der Waals surface area contributed by atoms with Gasteiger partial charge in [-0.2, -0.15) is 5.26 Å². The molecule has 110 valence electrons. The Morgan fingerprint density at radius 2 is 2.24 bits per heavy atom. The highest BCUT2D eigenvalue weighted by molar-refractivity contribution is 5.75. The maximum absolute atomic E-state index is 11.7. The van der Waals surface area contributed by atoms with Gasteiger partial charge in [-0.05, 0) is 18.1 Å². The molecule has 21 heavy (non-hydrogen) atoms. The molecule has 0 amide bonds. The molecule has 2 rings (SSSR count). The predicted octanol–water partition coefficient (Wildman–Crippen LogP) is 1.71. The van der Waals surface area contributed by atoms with Gasteiger partial charge in [0.2, 0.25) is 0 Å². The summed E-state index contributed by atoms with van der Waals surface area (Å²) in [5.41, 5.74) is 0.448. The number of hydrogen-bond donors (Lipinski definition) is 0. The monoisotopic (exact) mass is 289 g/mol. The fraction of sp³-hybridized carbons (Fsp3) is 0.429. The number of rotatable bonds is 3. The van der Waals surface area contributed by atoms with Gasteiger partial charge >= 0.3 is 5.97 Å². The Balaban J connectivity index is 2.28. The molecule has 1 heterocycles. The minimum Gasteiger partial charge on any atom is -0.469 e. The first-order valence-electron chi connectivity index (χ1n) is 6.49. The molecule has 1 saturated heterocycles. The summed E-state index contributed by atoms with van der Waals surface area (Å²) < 4.78 is 4.77. The molecule has 2 atom stereocenters. The summed E-state index contributed by atoms with van der Waals surface area (Å²) in [6.07, 6.45) is 0. The number of anilines is 1. The van der Waals surface area contributed by atoms with Gasteiger partial charge in [0, 0.05) is 24.8 Å². The molecule has 0 aromatic heterocycles. The first kappa shape index (κ1) is 14.8. The second-order valence-electron chi connectivity index (χ2n) is 5.08. The Morgan fingerprint density at radius 3 is 2.81 bits per heavy atom. The van der Waals surface area contributed by atoms with Crippen molar-refractivity contribution in [2.45, 2.75) is 6.92 Å². The maximum atomic E-state index is 11.7. The van der Waals surface area contributed by atoms with E-state index in [0.29, 0.717) is 18.8 Å². The van der Waals surface area contributed by atoms with Crippen LogP contribution >= 0.6 is 0 Å². The molecule has 0 saturated carbocycles. The van der Waals surface area contributed by atoms with E-state index in [1.165, 1.54) is 19.2 Å². The van der Waals surface area contributed by atoms with Gasteiger partial charge in [-0.15, -0.1) is 0 Å². The molecular formula is C14H15N3O4. The topological polar surface area (TPSA) is 96.5 Å². The molecule has 7 heteroatoms.